The standard InChI is InChI=1S/C16H26N4S/c1-12(2)20-11-18-10-16(20)15(9-17)19(4)13(3)8-14-6-5-7-21-14/h5-7,10-13,15H,8-9,17H2,1-4H3. The number of hydrogen-bond donors (Lipinski definition) is 1. The van der Waals surface area contributed by atoms with E-state index in [1.807, 2.05) is 23.9 Å². The Morgan fingerprint density at radius 1 is 1.38 bits per heavy atom. The predicted octanol–water partition coefficient (Wildman–Crippen LogP) is 3.09. The fourth-order valence-electron chi connectivity index (χ4n) is 2.67. The zero-order chi connectivity index (χ0) is 15.4. The fourth-order valence-corrected chi connectivity index (χ4v) is 3.50. The molecule has 4 nitrogen and oxygen atoms in total. The Bertz CT molecular complexity index is 532. The average Bonchev–Trinajstić information content (AvgIpc) is 3.10. The van der Waals surface area contributed by atoms with Crippen molar-refractivity contribution in [3.05, 3.63) is 40.6 Å². The molecule has 2 aromatic rings. The van der Waals surface area contributed by atoms with Gasteiger partial charge in [0.2, 0.25) is 0 Å². The van der Waals surface area contributed by atoms with E-state index in [-0.39, 0.29) is 6.04 Å². The Labute approximate surface area is 131 Å². The van der Waals surface area contributed by atoms with Crippen LogP contribution >= 0.6 is 11.3 Å². The van der Waals surface area contributed by atoms with Gasteiger partial charge < -0.3 is 10.3 Å². The van der Waals surface area contributed by atoms with Crippen molar-refractivity contribution >= 4 is 11.3 Å². The smallest absolute Gasteiger partial charge is 0.0951 e. The van der Waals surface area contributed by atoms with Crippen molar-refractivity contribution in [2.75, 3.05) is 13.6 Å². The molecule has 0 aromatic carbocycles. The third-order valence-corrected chi connectivity index (χ3v) is 4.98. The molecule has 2 unspecified atom stereocenters. The Hall–Kier alpha value is -1.17. The Morgan fingerprint density at radius 2 is 2.14 bits per heavy atom. The molecular formula is C16H26N4S. The van der Waals surface area contributed by atoms with Gasteiger partial charge in [-0.1, -0.05) is 6.07 Å². The highest BCUT2D eigenvalue weighted by Gasteiger charge is 2.24. The molecule has 0 saturated heterocycles. The third kappa shape index (κ3) is 3.73. The molecule has 0 aliphatic rings. The van der Waals surface area contributed by atoms with E-state index in [1.54, 1.807) is 0 Å². The number of imidazole rings is 1. The number of hydrogen-bond acceptors (Lipinski definition) is 4. The minimum atomic E-state index is 0.199. The Kier molecular flexibility index (Phi) is 5.56. The number of thiophene rings is 1. The van der Waals surface area contributed by atoms with E-state index in [2.05, 4.69) is 59.8 Å². The molecule has 116 valence electrons. The molecule has 2 atom stereocenters. The van der Waals surface area contributed by atoms with Gasteiger partial charge in [0.25, 0.3) is 0 Å². The van der Waals surface area contributed by atoms with Crippen LogP contribution < -0.4 is 5.73 Å². The molecule has 21 heavy (non-hydrogen) atoms. The van der Waals surface area contributed by atoms with Crippen LogP contribution in [0.4, 0.5) is 0 Å². The molecule has 2 heterocycles. The van der Waals surface area contributed by atoms with Crippen LogP contribution in [0.1, 0.15) is 43.4 Å². The highest BCUT2D eigenvalue weighted by atomic mass is 32.1. The maximum atomic E-state index is 6.06. The first kappa shape index (κ1) is 16.2. The second kappa shape index (κ2) is 7.20. The summed E-state index contributed by atoms with van der Waals surface area (Å²) >= 11 is 1.82. The largest absolute Gasteiger partial charge is 0.331 e. The summed E-state index contributed by atoms with van der Waals surface area (Å²) in [5, 5.41) is 2.14. The van der Waals surface area contributed by atoms with Crippen LogP contribution in [0.15, 0.2) is 30.0 Å². The van der Waals surface area contributed by atoms with Crippen molar-refractivity contribution in [3.63, 3.8) is 0 Å². The normalized spacial score (nSPS) is 14.8. The van der Waals surface area contributed by atoms with Gasteiger partial charge in [-0.15, -0.1) is 11.3 Å². The van der Waals surface area contributed by atoms with Crippen LogP contribution in [0.2, 0.25) is 0 Å². The molecule has 0 radical (unpaired) electrons. The highest BCUT2D eigenvalue weighted by molar-refractivity contribution is 7.09. The van der Waals surface area contributed by atoms with Crippen LogP contribution in [0.3, 0.4) is 0 Å². The average molecular weight is 306 g/mol. The minimum absolute atomic E-state index is 0.199. The molecule has 0 fully saturated rings. The third-order valence-electron chi connectivity index (χ3n) is 4.08. The van der Waals surface area contributed by atoms with Crippen molar-refractivity contribution in [3.8, 4) is 0 Å². The van der Waals surface area contributed by atoms with Crippen molar-refractivity contribution in [2.24, 2.45) is 5.73 Å². The van der Waals surface area contributed by atoms with Crippen LogP contribution in [0.25, 0.3) is 0 Å². The van der Waals surface area contributed by atoms with Crippen LogP contribution in [-0.2, 0) is 6.42 Å². The summed E-state index contributed by atoms with van der Waals surface area (Å²) in [5.41, 5.74) is 7.27. The maximum Gasteiger partial charge on any atom is 0.0951 e. The van der Waals surface area contributed by atoms with Gasteiger partial charge in [0.15, 0.2) is 0 Å². The van der Waals surface area contributed by atoms with E-state index < -0.39 is 0 Å². The van der Waals surface area contributed by atoms with Gasteiger partial charge in [0, 0.05) is 29.7 Å². The van der Waals surface area contributed by atoms with Crippen LogP contribution in [0, 0.1) is 0 Å². The van der Waals surface area contributed by atoms with Gasteiger partial charge in [-0.2, -0.15) is 0 Å². The second-order valence-electron chi connectivity index (χ2n) is 5.87. The van der Waals surface area contributed by atoms with Gasteiger partial charge in [-0.3, -0.25) is 4.90 Å². The number of nitrogens with two attached hydrogens (primary N) is 1. The lowest BCUT2D eigenvalue weighted by Crippen LogP contribution is -2.39. The number of aromatic nitrogens is 2. The van der Waals surface area contributed by atoms with Crippen molar-refractivity contribution < 1.29 is 0 Å². The van der Waals surface area contributed by atoms with E-state index in [1.165, 1.54) is 10.6 Å². The number of likely N-dealkylation sites (N-methyl/N-ethyl adjacent to an activating group) is 1. The Balaban J connectivity index is 2.14. The molecule has 2 N–H and O–H groups in total. The molecule has 2 aromatic heterocycles. The van der Waals surface area contributed by atoms with Crippen LogP contribution in [-0.4, -0.2) is 34.1 Å². The number of nitrogens with zero attached hydrogens (tertiary/aromatic N) is 3. The first-order valence-corrected chi connectivity index (χ1v) is 8.38. The molecule has 0 aliphatic heterocycles. The first-order chi connectivity index (χ1) is 10.0. The SMILES string of the molecule is CC(Cc1cccs1)N(C)C(CN)c1cncn1C(C)C. The molecular weight excluding hydrogens is 280 g/mol. The molecule has 0 saturated carbocycles. The van der Waals surface area contributed by atoms with E-state index in [9.17, 15) is 0 Å². The Morgan fingerprint density at radius 3 is 2.71 bits per heavy atom. The van der Waals surface area contributed by atoms with E-state index in [4.69, 9.17) is 5.73 Å². The topological polar surface area (TPSA) is 47.1 Å². The highest BCUT2D eigenvalue weighted by Crippen LogP contribution is 2.24. The lowest BCUT2D eigenvalue weighted by molar-refractivity contribution is 0.180. The number of rotatable bonds is 7. The maximum absolute atomic E-state index is 6.06. The molecule has 0 spiro atoms. The lowest BCUT2D eigenvalue weighted by Gasteiger charge is -2.33. The van der Waals surface area contributed by atoms with Crippen molar-refractivity contribution in [2.45, 2.75) is 45.3 Å². The lowest BCUT2D eigenvalue weighted by atomic mass is 10.1. The molecule has 0 bridgehead atoms. The molecule has 5 heteroatoms. The van der Waals surface area contributed by atoms with E-state index in [0.717, 1.165) is 6.42 Å². The summed E-state index contributed by atoms with van der Waals surface area (Å²) in [6.45, 7) is 7.21. The zero-order valence-electron chi connectivity index (χ0n) is 13.4. The molecule has 0 amide bonds. The van der Waals surface area contributed by atoms with Crippen molar-refractivity contribution in [1.29, 1.82) is 0 Å². The summed E-state index contributed by atoms with van der Waals surface area (Å²) in [7, 11) is 2.16. The first-order valence-electron chi connectivity index (χ1n) is 7.50. The molecule has 0 aliphatic carbocycles. The zero-order valence-corrected chi connectivity index (χ0v) is 14.2. The van der Waals surface area contributed by atoms with Gasteiger partial charge in [-0.05, 0) is 45.7 Å². The van der Waals surface area contributed by atoms with E-state index >= 15 is 0 Å². The molecule has 2 rings (SSSR count). The quantitative estimate of drug-likeness (QED) is 0.855. The van der Waals surface area contributed by atoms with E-state index in [0.29, 0.717) is 18.6 Å². The fraction of sp³-hybridized carbons (Fsp3) is 0.562. The van der Waals surface area contributed by atoms with Gasteiger partial charge in [0.1, 0.15) is 0 Å². The van der Waals surface area contributed by atoms with Crippen LogP contribution in [0.5, 0.6) is 0 Å². The predicted molar refractivity (Wildman–Crippen MR) is 89.7 cm³/mol. The van der Waals surface area contributed by atoms with Crippen molar-refractivity contribution in [1.82, 2.24) is 14.5 Å². The van der Waals surface area contributed by atoms with Gasteiger partial charge in [-0.25, -0.2) is 4.98 Å². The van der Waals surface area contributed by atoms with Gasteiger partial charge >= 0.3 is 0 Å². The summed E-state index contributed by atoms with van der Waals surface area (Å²) in [6, 6.07) is 5.35. The monoisotopic (exact) mass is 306 g/mol. The minimum Gasteiger partial charge on any atom is -0.331 e. The van der Waals surface area contributed by atoms with Gasteiger partial charge in [0.05, 0.1) is 18.1 Å². The summed E-state index contributed by atoms with van der Waals surface area (Å²) in [4.78, 5) is 8.10. The second-order valence-corrected chi connectivity index (χ2v) is 6.90. The summed E-state index contributed by atoms with van der Waals surface area (Å²) in [5.74, 6) is 0. The summed E-state index contributed by atoms with van der Waals surface area (Å²) in [6.07, 6.45) is 4.91. The summed E-state index contributed by atoms with van der Waals surface area (Å²) < 4.78 is 2.21.